The Morgan fingerprint density at radius 3 is 3.12 bits per heavy atom. The molecule has 4 rings (SSSR count). The SMILES string of the molecule is CC1Cc2c(noc2C2CC2)-c2cncn21. The van der Waals surface area contributed by atoms with Crippen LogP contribution in [-0.2, 0) is 6.42 Å². The van der Waals surface area contributed by atoms with Gasteiger partial charge in [0.15, 0.2) is 0 Å². The average molecular weight is 215 g/mol. The summed E-state index contributed by atoms with van der Waals surface area (Å²) in [4.78, 5) is 4.20. The van der Waals surface area contributed by atoms with E-state index in [1.807, 2.05) is 12.5 Å². The lowest BCUT2D eigenvalue weighted by Gasteiger charge is -2.21. The molecule has 0 radical (unpaired) electrons. The molecular weight excluding hydrogens is 202 g/mol. The van der Waals surface area contributed by atoms with E-state index < -0.39 is 0 Å². The van der Waals surface area contributed by atoms with Crippen LogP contribution in [0.2, 0.25) is 0 Å². The van der Waals surface area contributed by atoms with E-state index in [1.54, 1.807) is 0 Å². The molecule has 1 fully saturated rings. The highest BCUT2D eigenvalue weighted by molar-refractivity contribution is 5.62. The Kier molecular flexibility index (Phi) is 1.47. The highest BCUT2D eigenvalue weighted by Crippen LogP contribution is 2.46. The van der Waals surface area contributed by atoms with Crippen molar-refractivity contribution in [3.05, 3.63) is 23.8 Å². The van der Waals surface area contributed by atoms with Gasteiger partial charge in [0.2, 0.25) is 0 Å². The predicted molar refractivity (Wildman–Crippen MR) is 58.1 cm³/mol. The third-order valence-corrected chi connectivity index (χ3v) is 3.65. The van der Waals surface area contributed by atoms with Gasteiger partial charge in [-0.25, -0.2) is 4.98 Å². The molecule has 2 aromatic heterocycles. The quantitative estimate of drug-likeness (QED) is 0.734. The molecule has 0 N–H and O–H groups in total. The minimum atomic E-state index is 0.460. The van der Waals surface area contributed by atoms with E-state index in [0.717, 1.165) is 23.6 Å². The summed E-state index contributed by atoms with van der Waals surface area (Å²) in [5, 5.41) is 4.23. The lowest BCUT2D eigenvalue weighted by molar-refractivity contribution is 0.384. The van der Waals surface area contributed by atoms with Crippen LogP contribution in [0.3, 0.4) is 0 Å². The molecule has 3 heterocycles. The lowest BCUT2D eigenvalue weighted by atomic mass is 9.97. The van der Waals surface area contributed by atoms with Crippen molar-refractivity contribution in [3.63, 3.8) is 0 Å². The maximum absolute atomic E-state index is 5.52. The van der Waals surface area contributed by atoms with Crippen LogP contribution in [0.5, 0.6) is 0 Å². The second kappa shape index (κ2) is 2.75. The Morgan fingerprint density at radius 1 is 1.44 bits per heavy atom. The number of hydrogen-bond acceptors (Lipinski definition) is 3. The molecule has 2 aliphatic rings. The zero-order valence-corrected chi connectivity index (χ0v) is 9.18. The molecule has 0 bridgehead atoms. The monoisotopic (exact) mass is 215 g/mol. The van der Waals surface area contributed by atoms with Gasteiger partial charge in [-0.05, 0) is 26.2 Å². The summed E-state index contributed by atoms with van der Waals surface area (Å²) in [6.07, 6.45) is 7.31. The van der Waals surface area contributed by atoms with Gasteiger partial charge >= 0.3 is 0 Å². The van der Waals surface area contributed by atoms with Crippen molar-refractivity contribution in [2.24, 2.45) is 0 Å². The molecule has 0 amide bonds. The number of imidazole rings is 1. The fourth-order valence-electron chi connectivity index (χ4n) is 2.62. The zero-order chi connectivity index (χ0) is 10.7. The van der Waals surface area contributed by atoms with Gasteiger partial charge in [0, 0.05) is 17.5 Å². The Bertz CT molecular complexity index is 550. The minimum absolute atomic E-state index is 0.460. The Labute approximate surface area is 93.3 Å². The molecule has 0 spiro atoms. The van der Waals surface area contributed by atoms with E-state index in [9.17, 15) is 0 Å². The molecular formula is C12H13N3O. The molecule has 0 saturated heterocycles. The second-order valence-corrected chi connectivity index (χ2v) is 4.89. The molecule has 16 heavy (non-hydrogen) atoms. The number of hydrogen-bond donors (Lipinski definition) is 0. The number of aromatic nitrogens is 3. The van der Waals surface area contributed by atoms with Crippen LogP contribution in [0.25, 0.3) is 11.4 Å². The van der Waals surface area contributed by atoms with Crippen molar-refractivity contribution in [2.45, 2.75) is 38.1 Å². The Hall–Kier alpha value is -1.58. The first-order valence-corrected chi connectivity index (χ1v) is 5.85. The molecule has 1 unspecified atom stereocenters. The van der Waals surface area contributed by atoms with Crippen LogP contribution in [0.4, 0.5) is 0 Å². The summed E-state index contributed by atoms with van der Waals surface area (Å²) in [6, 6.07) is 0.460. The summed E-state index contributed by atoms with van der Waals surface area (Å²) in [5.74, 6) is 1.77. The van der Waals surface area contributed by atoms with E-state index in [0.29, 0.717) is 12.0 Å². The Balaban J connectivity index is 1.94. The molecule has 2 aromatic rings. The smallest absolute Gasteiger partial charge is 0.143 e. The molecule has 1 aliphatic carbocycles. The normalized spacial score (nSPS) is 22.9. The van der Waals surface area contributed by atoms with Gasteiger partial charge in [0.05, 0.1) is 18.2 Å². The van der Waals surface area contributed by atoms with Gasteiger partial charge in [-0.1, -0.05) is 5.16 Å². The fraction of sp³-hybridized carbons (Fsp3) is 0.500. The molecule has 1 aliphatic heterocycles. The van der Waals surface area contributed by atoms with Crippen LogP contribution >= 0.6 is 0 Å². The van der Waals surface area contributed by atoms with Crippen LogP contribution in [0.1, 0.15) is 43.0 Å². The van der Waals surface area contributed by atoms with E-state index in [1.165, 1.54) is 18.4 Å². The van der Waals surface area contributed by atoms with Crippen LogP contribution in [0, 0.1) is 0 Å². The van der Waals surface area contributed by atoms with Gasteiger partial charge in [-0.3, -0.25) is 0 Å². The van der Waals surface area contributed by atoms with Gasteiger partial charge in [-0.15, -0.1) is 0 Å². The van der Waals surface area contributed by atoms with Crippen LogP contribution in [0.15, 0.2) is 17.0 Å². The van der Waals surface area contributed by atoms with Crippen LogP contribution < -0.4 is 0 Å². The fourth-order valence-corrected chi connectivity index (χ4v) is 2.62. The highest BCUT2D eigenvalue weighted by atomic mass is 16.5. The third-order valence-electron chi connectivity index (χ3n) is 3.65. The highest BCUT2D eigenvalue weighted by Gasteiger charge is 2.35. The van der Waals surface area contributed by atoms with Gasteiger partial charge in [0.25, 0.3) is 0 Å². The lowest BCUT2D eigenvalue weighted by Crippen LogP contribution is -2.14. The standard InChI is InChI=1S/C12H13N3O/c1-7-4-9-11(10-5-13-6-15(7)10)14-16-12(9)8-2-3-8/h5-8H,2-4H2,1H3. The first-order chi connectivity index (χ1) is 7.84. The largest absolute Gasteiger partial charge is 0.360 e. The van der Waals surface area contributed by atoms with Crippen molar-refractivity contribution in [1.29, 1.82) is 0 Å². The zero-order valence-electron chi connectivity index (χ0n) is 9.18. The molecule has 1 saturated carbocycles. The van der Waals surface area contributed by atoms with E-state index >= 15 is 0 Å². The molecule has 4 heteroatoms. The summed E-state index contributed by atoms with van der Waals surface area (Å²) in [6.45, 7) is 2.22. The van der Waals surface area contributed by atoms with Crippen molar-refractivity contribution < 1.29 is 4.52 Å². The van der Waals surface area contributed by atoms with Crippen molar-refractivity contribution in [3.8, 4) is 11.4 Å². The molecule has 4 nitrogen and oxygen atoms in total. The molecule has 82 valence electrons. The maximum atomic E-state index is 5.52. The predicted octanol–water partition coefficient (Wildman–Crippen LogP) is 2.53. The molecule has 1 atom stereocenters. The first-order valence-electron chi connectivity index (χ1n) is 5.85. The van der Waals surface area contributed by atoms with E-state index in [2.05, 4.69) is 21.6 Å². The van der Waals surface area contributed by atoms with Crippen molar-refractivity contribution in [1.82, 2.24) is 14.7 Å². The second-order valence-electron chi connectivity index (χ2n) is 4.89. The van der Waals surface area contributed by atoms with E-state index in [-0.39, 0.29) is 0 Å². The average Bonchev–Trinajstić information content (AvgIpc) is 2.85. The van der Waals surface area contributed by atoms with Gasteiger partial charge in [0.1, 0.15) is 11.5 Å². The minimum Gasteiger partial charge on any atom is -0.360 e. The van der Waals surface area contributed by atoms with Crippen molar-refractivity contribution in [2.75, 3.05) is 0 Å². The maximum Gasteiger partial charge on any atom is 0.143 e. The van der Waals surface area contributed by atoms with Gasteiger partial charge < -0.3 is 9.09 Å². The van der Waals surface area contributed by atoms with E-state index in [4.69, 9.17) is 4.52 Å². The number of fused-ring (bicyclic) bond motifs is 3. The molecule has 0 aromatic carbocycles. The first kappa shape index (κ1) is 8.56. The van der Waals surface area contributed by atoms with Gasteiger partial charge in [-0.2, -0.15) is 0 Å². The Morgan fingerprint density at radius 2 is 2.31 bits per heavy atom. The summed E-state index contributed by atoms with van der Waals surface area (Å²) in [5.41, 5.74) is 3.44. The third kappa shape index (κ3) is 0.991. The topological polar surface area (TPSA) is 43.9 Å². The number of rotatable bonds is 1. The summed E-state index contributed by atoms with van der Waals surface area (Å²) < 4.78 is 7.71. The number of nitrogens with zero attached hydrogens (tertiary/aromatic N) is 3. The summed E-state index contributed by atoms with van der Waals surface area (Å²) in [7, 11) is 0. The van der Waals surface area contributed by atoms with Crippen molar-refractivity contribution >= 4 is 0 Å². The van der Waals surface area contributed by atoms with Crippen LogP contribution in [-0.4, -0.2) is 14.7 Å². The summed E-state index contributed by atoms with van der Waals surface area (Å²) >= 11 is 0.